The highest BCUT2D eigenvalue weighted by atomic mass is 16.2. The SMILES string of the molecule is Cn1c(N)c(C(=O)c2cc(-c3ccccn3)nc3ccccc23)c(=O)n(C)c1=O. The van der Waals surface area contributed by atoms with Gasteiger partial charge in [-0.05, 0) is 24.3 Å². The van der Waals surface area contributed by atoms with Gasteiger partial charge in [-0.3, -0.25) is 23.7 Å². The number of anilines is 1. The number of nitrogens with two attached hydrogens (primary N) is 1. The minimum atomic E-state index is -0.740. The van der Waals surface area contributed by atoms with Crippen molar-refractivity contribution in [3.63, 3.8) is 0 Å². The van der Waals surface area contributed by atoms with Crippen molar-refractivity contribution in [2.24, 2.45) is 14.1 Å². The van der Waals surface area contributed by atoms with Crippen LogP contribution in [-0.4, -0.2) is 24.9 Å². The number of nitrogen functional groups attached to an aromatic ring is 1. The van der Waals surface area contributed by atoms with E-state index in [9.17, 15) is 14.4 Å². The van der Waals surface area contributed by atoms with E-state index in [0.29, 0.717) is 22.3 Å². The van der Waals surface area contributed by atoms with Crippen LogP contribution in [0, 0.1) is 0 Å². The molecule has 0 spiro atoms. The Morgan fingerprint density at radius 1 is 0.966 bits per heavy atom. The maximum absolute atomic E-state index is 13.4. The number of carbonyl (C=O) groups is 1. The van der Waals surface area contributed by atoms with Crippen LogP contribution < -0.4 is 17.0 Å². The summed E-state index contributed by atoms with van der Waals surface area (Å²) in [7, 11) is 2.72. The average molecular weight is 387 g/mol. The Hall–Kier alpha value is -4.07. The minimum Gasteiger partial charge on any atom is -0.384 e. The molecule has 0 radical (unpaired) electrons. The lowest BCUT2D eigenvalue weighted by Gasteiger charge is -2.13. The molecule has 29 heavy (non-hydrogen) atoms. The summed E-state index contributed by atoms with van der Waals surface area (Å²) in [6, 6.07) is 14.1. The predicted octanol–water partition coefficient (Wildman–Crippen LogP) is 1.51. The van der Waals surface area contributed by atoms with Crippen LogP contribution >= 0.6 is 0 Å². The summed E-state index contributed by atoms with van der Waals surface area (Å²) in [4.78, 5) is 47.1. The first kappa shape index (κ1) is 18.3. The summed E-state index contributed by atoms with van der Waals surface area (Å²) in [5.41, 5.74) is 6.32. The van der Waals surface area contributed by atoms with Crippen LogP contribution in [0.3, 0.4) is 0 Å². The van der Waals surface area contributed by atoms with Crippen LogP contribution in [0.5, 0.6) is 0 Å². The first-order valence-corrected chi connectivity index (χ1v) is 8.81. The van der Waals surface area contributed by atoms with Crippen molar-refractivity contribution in [3.05, 3.63) is 86.7 Å². The van der Waals surface area contributed by atoms with E-state index in [-0.39, 0.29) is 16.9 Å². The van der Waals surface area contributed by atoms with E-state index in [1.165, 1.54) is 14.1 Å². The lowest BCUT2D eigenvalue weighted by Crippen LogP contribution is -2.41. The molecule has 0 saturated heterocycles. The standard InChI is InChI=1S/C21H17N5O3/c1-25-19(22)17(20(28)26(2)21(25)29)18(27)13-11-16(15-9-5-6-10-23-15)24-14-8-4-3-7-12(13)14/h3-11H,22H2,1-2H3. The Bertz CT molecular complexity index is 1390. The highest BCUT2D eigenvalue weighted by molar-refractivity contribution is 6.18. The summed E-state index contributed by atoms with van der Waals surface area (Å²) in [5.74, 6) is -0.752. The van der Waals surface area contributed by atoms with Gasteiger partial charge in [0.15, 0.2) is 0 Å². The number of aromatic nitrogens is 4. The van der Waals surface area contributed by atoms with Gasteiger partial charge in [-0.1, -0.05) is 24.3 Å². The molecule has 0 unspecified atom stereocenters. The Balaban J connectivity index is 2.03. The molecular weight excluding hydrogens is 370 g/mol. The van der Waals surface area contributed by atoms with Gasteiger partial charge in [-0.25, -0.2) is 9.78 Å². The van der Waals surface area contributed by atoms with Gasteiger partial charge >= 0.3 is 5.69 Å². The fourth-order valence-electron chi connectivity index (χ4n) is 3.22. The number of fused-ring (bicyclic) bond motifs is 1. The molecule has 0 amide bonds. The van der Waals surface area contributed by atoms with E-state index in [1.807, 2.05) is 12.1 Å². The van der Waals surface area contributed by atoms with E-state index >= 15 is 0 Å². The highest BCUT2D eigenvalue weighted by Crippen LogP contribution is 2.26. The molecule has 144 valence electrons. The minimum absolute atomic E-state index is 0.177. The first-order chi connectivity index (χ1) is 13.9. The van der Waals surface area contributed by atoms with Crippen molar-refractivity contribution >= 4 is 22.5 Å². The number of nitrogens with zero attached hydrogens (tertiary/aromatic N) is 4. The number of pyridine rings is 2. The molecule has 0 fully saturated rings. The monoisotopic (exact) mass is 387 g/mol. The number of carbonyl (C=O) groups excluding carboxylic acids is 1. The topological polar surface area (TPSA) is 113 Å². The molecule has 4 aromatic rings. The quantitative estimate of drug-likeness (QED) is 0.533. The fraction of sp³-hybridized carbons (Fsp3) is 0.0952. The lowest BCUT2D eigenvalue weighted by molar-refractivity contribution is 0.103. The molecule has 0 aliphatic rings. The average Bonchev–Trinajstić information content (AvgIpc) is 2.76. The highest BCUT2D eigenvalue weighted by Gasteiger charge is 2.24. The summed E-state index contributed by atoms with van der Waals surface area (Å²) < 4.78 is 1.95. The molecule has 0 bridgehead atoms. The Morgan fingerprint density at radius 2 is 1.69 bits per heavy atom. The molecule has 1 aromatic carbocycles. The molecule has 8 heteroatoms. The lowest BCUT2D eigenvalue weighted by atomic mass is 9.98. The van der Waals surface area contributed by atoms with Crippen LogP contribution in [0.4, 0.5) is 5.82 Å². The van der Waals surface area contributed by atoms with Gasteiger partial charge in [0.1, 0.15) is 11.4 Å². The van der Waals surface area contributed by atoms with Crippen molar-refractivity contribution in [2.75, 3.05) is 5.73 Å². The third-order valence-electron chi connectivity index (χ3n) is 4.83. The molecule has 8 nitrogen and oxygen atoms in total. The number of hydrogen-bond donors (Lipinski definition) is 1. The van der Waals surface area contributed by atoms with Gasteiger partial charge < -0.3 is 5.73 Å². The van der Waals surface area contributed by atoms with Crippen molar-refractivity contribution < 1.29 is 4.79 Å². The van der Waals surface area contributed by atoms with Crippen LogP contribution in [0.15, 0.2) is 64.3 Å². The van der Waals surface area contributed by atoms with Crippen molar-refractivity contribution in [1.29, 1.82) is 0 Å². The van der Waals surface area contributed by atoms with Crippen LogP contribution in [0.2, 0.25) is 0 Å². The number of benzene rings is 1. The van der Waals surface area contributed by atoms with Gasteiger partial charge in [0.25, 0.3) is 5.56 Å². The Kier molecular flexibility index (Phi) is 4.31. The molecule has 2 N–H and O–H groups in total. The molecular formula is C21H17N5O3. The van der Waals surface area contributed by atoms with E-state index < -0.39 is 17.0 Å². The Labute approximate surface area is 164 Å². The van der Waals surface area contributed by atoms with E-state index in [0.717, 1.165) is 9.13 Å². The van der Waals surface area contributed by atoms with Crippen LogP contribution in [0.1, 0.15) is 15.9 Å². The molecule has 0 saturated carbocycles. The van der Waals surface area contributed by atoms with Crippen molar-refractivity contribution in [3.8, 4) is 11.4 Å². The van der Waals surface area contributed by atoms with Gasteiger partial charge in [-0.15, -0.1) is 0 Å². The fourth-order valence-corrected chi connectivity index (χ4v) is 3.22. The van der Waals surface area contributed by atoms with Gasteiger partial charge in [0.05, 0.1) is 16.9 Å². The van der Waals surface area contributed by atoms with Crippen LogP contribution in [0.25, 0.3) is 22.3 Å². The Morgan fingerprint density at radius 3 is 2.41 bits per heavy atom. The van der Waals surface area contributed by atoms with Crippen molar-refractivity contribution in [2.45, 2.75) is 0 Å². The molecule has 0 aliphatic heterocycles. The second-order valence-corrected chi connectivity index (χ2v) is 6.58. The zero-order valence-electron chi connectivity index (χ0n) is 15.8. The second-order valence-electron chi connectivity index (χ2n) is 6.58. The largest absolute Gasteiger partial charge is 0.384 e. The van der Waals surface area contributed by atoms with Crippen LogP contribution in [-0.2, 0) is 14.1 Å². The third-order valence-corrected chi connectivity index (χ3v) is 4.83. The third kappa shape index (κ3) is 2.91. The predicted molar refractivity (Wildman–Crippen MR) is 110 cm³/mol. The van der Waals surface area contributed by atoms with Gasteiger partial charge in [-0.2, -0.15) is 0 Å². The normalized spacial score (nSPS) is 11.0. The number of hydrogen-bond acceptors (Lipinski definition) is 6. The molecule has 3 heterocycles. The summed E-state index contributed by atoms with van der Waals surface area (Å²) in [6.45, 7) is 0. The van der Waals surface area contributed by atoms with E-state index in [1.54, 1.807) is 42.6 Å². The molecule has 0 atom stereocenters. The molecule has 4 rings (SSSR count). The van der Waals surface area contributed by atoms with Gasteiger partial charge in [0.2, 0.25) is 5.78 Å². The zero-order valence-corrected chi connectivity index (χ0v) is 15.8. The van der Waals surface area contributed by atoms with Gasteiger partial charge in [0, 0.05) is 31.2 Å². The zero-order chi connectivity index (χ0) is 20.7. The summed E-state index contributed by atoms with van der Waals surface area (Å²) in [6.07, 6.45) is 1.63. The number of ketones is 1. The van der Waals surface area contributed by atoms with E-state index in [4.69, 9.17) is 5.73 Å². The first-order valence-electron chi connectivity index (χ1n) is 8.81. The molecule has 3 aromatic heterocycles. The van der Waals surface area contributed by atoms with E-state index in [2.05, 4.69) is 9.97 Å². The van der Waals surface area contributed by atoms with Crippen molar-refractivity contribution in [1.82, 2.24) is 19.1 Å². The summed E-state index contributed by atoms with van der Waals surface area (Å²) in [5, 5.41) is 0.576. The maximum atomic E-state index is 13.4. The maximum Gasteiger partial charge on any atom is 0.332 e. The number of para-hydroxylation sites is 1. The molecule has 0 aliphatic carbocycles. The smallest absolute Gasteiger partial charge is 0.332 e. The number of rotatable bonds is 3. The summed E-state index contributed by atoms with van der Waals surface area (Å²) >= 11 is 0. The second kappa shape index (κ2) is 6.83.